The first-order valence-corrected chi connectivity index (χ1v) is 8.31. The number of nitrogens with one attached hydrogen (secondary N) is 2. The van der Waals surface area contributed by atoms with E-state index in [0.29, 0.717) is 11.5 Å². The van der Waals surface area contributed by atoms with E-state index in [1.54, 1.807) is 31.4 Å². The highest BCUT2D eigenvalue weighted by Gasteiger charge is 2.09. The molecule has 132 valence electrons. The van der Waals surface area contributed by atoms with Crippen molar-refractivity contribution >= 4 is 23.1 Å². The average molecular weight is 348 g/mol. The minimum Gasteiger partial charge on any atom is -0.497 e. The molecule has 2 N–H and O–H groups in total. The molecule has 0 bridgehead atoms. The van der Waals surface area contributed by atoms with Crippen LogP contribution in [-0.2, 0) is 6.42 Å². The van der Waals surface area contributed by atoms with Crippen molar-refractivity contribution in [3.8, 4) is 5.75 Å². The van der Waals surface area contributed by atoms with Gasteiger partial charge in [0.05, 0.1) is 19.5 Å². The number of hydrogen-bond donors (Lipinski definition) is 2. The van der Waals surface area contributed by atoms with Crippen LogP contribution in [0.3, 0.4) is 0 Å². The second-order valence-corrected chi connectivity index (χ2v) is 5.64. The fraction of sp³-hybridized carbons (Fsp3) is 0.150. The molecule has 0 atom stereocenters. The molecule has 0 radical (unpaired) electrons. The number of hydrogen-bond acceptors (Lipinski definition) is 5. The Kier molecular flexibility index (Phi) is 5.43. The van der Waals surface area contributed by atoms with Gasteiger partial charge in [0, 0.05) is 11.4 Å². The van der Waals surface area contributed by atoms with Gasteiger partial charge in [-0.2, -0.15) is 0 Å². The van der Waals surface area contributed by atoms with Crippen molar-refractivity contribution in [2.45, 2.75) is 13.3 Å². The topological polar surface area (TPSA) is 76.1 Å². The number of amides is 1. The van der Waals surface area contributed by atoms with Crippen LogP contribution in [0.25, 0.3) is 0 Å². The highest BCUT2D eigenvalue weighted by molar-refractivity contribution is 6.02. The largest absolute Gasteiger partial charge is 0.497 e. The lowest BCUT2D eigenvalue weighted by molar-refractivity contribution is 0.102. The molecule has 0 fully saturated rings. The standard InChI is InChI=1S/C20H20N4O2/c1-3-14-4-6-15(7-5-14)23-19-13-21-18(12-22-19)20(25)24-16-8-10-17(26-2)11-9-16/h4-13H,3H2,1-2H3,(H,22,23)(H,24,25). The van der Waals surface area contributed by atoms with Crippen molar-refractivity contribution in [2.75, 3.05) is 17.7 Å². The quantitative estimate of drug-likeness (QED) is 0.703. The van der Waals surface area contributed by atoms with Crippen molar-refractivity contribution in [1.29, 1.82) is 0 Å². The zero-order valence-corrected chi connectivity index (χ0v) is 14.7. The zero-order valence-electron chi connectivity index (χ0n) is 14.7. The van der Waals surface area contributed by atoms with Crippen LogP contribution in [0.5, 0.6) is 5.75 Å². The molecule has 6 nitrogen and oxygen atoms in total. The summed E-state index contributed by atoms with van der Waals surface area (Å²) in [6, 6.07) is 15.2. The second kappa shape index (κ2) is 8.11. The lowest BCUT2D eigenvalue weighted by Crippen LogP contribution is -2.14. The molecule has 0 unspecified atom stereocenters. The summed E-state index contributed by atoms with van der Waals surface area (Å²) >= 11 is 0. The van der Waals surface area contributed by atoms with Crippen LogP contribution in [0.4, 0.5) is 17.2 Å². The van der Waals surface area contributed by atoms with Crippen molar-refractivity contribution < 1.29 is 9.53 Å². The molecule has 0 aliphatic rings. The summed E-state index contributed by atoms with van der Waals surface area (Å²) in [5, 5.41) is 5.94. The van der Waals surface area contributed by atoms with Crippen molar-refractivity contribution in [1.82, 2.24) is 9.97 Å². The third kappa shape index (κ3) is 4.36. The normalized spacial score (nSPS) is 10.2. The number of carbonyl (C=O) groups is 1. The molecule has 0 aliphatic heterocycles. The number of anilines is 3. The number of benzene rings is 2. The molecular formula is C20H20N4O2. The van der Waals surface area contributed by atoms with E-state index in [-0.39, 0.29) is 11.6 Å². The van der Waals surface area contributed by atoms with Gasteiger partial charge in [-0.25, -0.2) is 9.97 Å². The molecule has 1 amide bonds. The SMILES string of the molecule is CCc1ccc(Nc2cnc(C(=O)Nc3ccc(OC)cc3)cn2)cc1. The molecular weight excluding hydrogens is 328 g/mol. The Balaban J connectivity index is 1.63. The maximum Gasteiger partial charge on any atom is 0.275 e. The van der Waals surface area contributed by atoms with Gasteiger partial charge in [-0.15, -0.1) is 0 Å². The van der Waals surface area contributed by atoms with Gasteiger partial charge in [-0.1, -0.05) is 19.1 Å². The Morgan fingerprint density at radius 2 is 1.65 bits per heavy atom. The summed E-state index contributed by atoms with van der Waals surface area (Å²) in [4.78, 5) is 20.7. The fourth-order valence-electron chi connectivity index (χ4n) is 2.35. The Morgan fingerprint density at radius 1 is 0.962 bits per heavy atom. The third-order valence-electron chi connectivity index (χ3n) is 3.87. The number of methoxy groups -OCH3 is 1. The number of aryl methyl sites for hydroxylation is 1. The molecule has 1 aromatic heterocycles. The Bertz CT molecular complexity index is 860. The van der Waals surface area contributed by atoms with Gasteiger partial charge >= 0.3 is 0 Å². The molecule has 2 aromatic carbocycles. The molecule has 6 heteroatoms. The average Bonchev–Trinajstić information content (AvgIpc) is 2.69. The molecule has 3 rings (SSSR count). The van der Waals surface area contributed by atoms with Crippen molar-refractivity contribution in [3.05, 3.63) is 72.2 Å². The maximum absolute atomic E-state index is 12.2. The number of aromatic nitrogens is 2. The van der Waals surface area contributed by atoms with E-state index in [1.807, 2.05) is 12.1 Å². The first-order valence-electron chi connectivity index (χ1n) is 8.31. The van der Waals surface area contributed by atoms with Crippen LogP contribution in [-0.4, -0.2) is 23.0 Å². The van der Waals surface area contributed by atoms with Crippen molar-refractivity contribution in [3.63, 3.8) is 0 Å². The lowest BCUT2D eigenvalue weighted by atomic mass is 10.1. The molecule has 0 saturated heterocycles. The highest BCUT2D eigenvalue weighted by Crippen LogP contribution is 2.17. The first kappa shape index (κ1) is 17.4. The summed E-state index contributed by atoms with van der Waals surface area (Å²) < 4.78 is 5.09. The van der Waals surface area contributed by atoms with Crippen LogP contribution in [0, 0.1) is 0 Å². The van der Waals surface area contributed by atoms with Gasteiger partial charge in [0.1, 0.15) is 17.3 Å². The van der Waals surface area contributed by atoms with Crippen LogP contribution < -0.4 is 15.4 Å². The summed E-state index contributed by atoms with van der Waals surface area (Å²) in [5.41, 5.74) is 3.10. The molecule has 26 heavy (non-hydrogen) atoms. The summed E-state index contributed by atoms with van der Waals surface area (Å²) in [6.45, 7) is 2.11. The molecule has 3 aromatic rings. The Morgan fingerprint density at radius 3 is 2.23 bits per heavy atom. The fourth-order valence-corrected chi connectivity index (χ4v) is 2.35. The monoisotopic (exact) mass is 348 g/mol. The van der Waals surface area contributed by atoms with E-state index in [1.165, 1.54) is 18.0 Å². The Labute approximate surface area is 152 Å². The van der Waals surface area contributed by atoms with Gasteiger partial charge in [-0.05, 0) is 48.4 Å². The number of ether oxygens (including phenoxy) is 1. The molecule has 0 spiro atoms. The third-order valence-corrected chi connectivity index (χ3v) is 3.87. The van der Waals surface area contributed by atoms with Gasteiger partial charge in [0.25, 0.3) is 5.91 Å². The minimum atomic E-state index is -0.318. The zero-order chi connectivity index (χ0) is 18.4. The second-order valence-electron chi connectivity index (χ2n) is 5.64. The van der Waals surface area contributed by atoms with Crippen LogP contribution in [0.2, 0.25) is 0 Å². The molecule has 0 aliphatic carbocycles. The molecule has 0 saturated carbocycles. The minimum absolute atomic E-state index is 0.243. The van der Waals surface area contributed by atoms with Gasteiger partial charge in [0.15, 0.2) is 0 Å². The number of rotatable bonds is 6. The van der Waals surface area contributed by atoms with E-state index in [0.717, 1.165) is 17.9 Å². The Hall–Kier alpha value is -3.41. The van der Waals surface area contributed by atoms with Crippen LogP contribution in [0.15, 0.2) is 60.9 Å². The first-order chi connectivity index (χ1) is 12.7. The van der Waals surface area contributed by atoms with Gasteiger partial charge in [-0.3, -0.25) is 4.79 Å². The van der Waals surface area contributed by atoms with E-state index in [4.69, 9.17) is 4.74 Å². The van der Waals surface area contributed by atoms with Crippen LogP contribution >= 0.6 is 0 Å². The van der Waals surface area contributed by atoms with E-state index in [2.05, 4.69) is 39.7 Å². The predicted molar refractivity (Wildman–Crippen MR) is 102 cm³/mol. The van der Waals surface area contributed by atoms with Gasteiger partial charge in [0.2, 0.25) is 0 Å². The smallest absolute Gasteiger partial charge is 0.275 e. The van der Waals surface area contributed by atoms with E-state index in [9.17, 15) is 4.79 Å². The number of nitrogens with zero attached hydrogens (tertiary/aromatic N) is 2. The maximum atomic E-state index is 12.2. The van der Waals surface area contributed by atoms with Crippen LogP contribution in [0.1, 0.15) is 23.0 Å². The highest BCUT2D eigenvalue weighted by atomic mass is 16.5. The van der Waals surface area contributed by atoms with Gasteiger partial charge < -0.3 is 15.4 Å². The summed E-state index contributed by atoms with van der Waals surface area (Å²) in [6.07, 6.45) is 3.98. The van der Waals surface area contributed by atoms with E-state index >= 15 is 0 Å². The predicted octanol–water partition coefficient (Wildman–Crippen LogP) is 4.04. The summed E-state index contributed by atoms with van der Waals surface area (Å²) in [7, 11) is 1.59. The lowest BCUT2D eigenvalue weighted by Gasteiger charge is -2.08. The summed E-state index contributed by atoms with van der Waals surface area (Å²) in [5.74, 6) is 0.988. The van der Waals surface area contributed by atoms with Crippen molar-refractivity contribution in [2.24, 2.45) is 0 Å². The number of carbonyl (C=O) groups excluding carboxylic acids is 1. The van der Waals surface area contributed by atoms with E-state index < -0.39 is 0 Å². The molecule has 1 heterocycles.